The molecule has 3 atom stereocenters. The van der Waals surface area contributed by atoms with E-state index in [1.165, 1.54) is 5.56 Å². The van der Waals surface area contributed by atoms with E-state index < -0.39 is 0 Å². The zero-order valence-corrected chi connectivity index (χ0v) is 16.5. The molecule has 3 N–H and O–H groups in total. The molecule has 0 spiro atoms. The molecule has 1 fully saturated rings. The third-order valence-electron chi connectivity index (χ3n) is 5.08. The SMILES string of the molecule is C[C@H](NC(=S)N[C@H]1CCCC[C@@H]1NC(=O)c1ccccc1)c1ccccc1. The average Bonchev–Trinajstić information content (AvgIpc) is 2.70. The van der Waals surface area contributed by atoms with Crippen LogP contribution in [-0.2, 0) is 0 Å². The lowest BCUT2D eigenvalue weighted by atomic mass is 9.90. The van der Waals surface area contributed by atoms with E-state index in [9.17, 15) is 4.79 Å². The predicted molar refractivity (Wildman–Crippen MR) is 114 cm³/mol. The highest BCUT2D eigenvalue weighted by Gasteiger charge is 2.27. The molecule has 5 heteroatoms. The Morgan fingerprint density at radius 1 is 0.926 bits per heavy atom. The van der Waals surface area contributed by atoms with Crippen molar-refractivity contribution >= 4 is 23.2 Å². The van der Waals surface area contributed by atoms with Gasteiger partial charge < -0.3 is 16.0 Å². The van der Waals surface area contributed by atoms with Crippen molar-refractivity contribution in [3.8, 4) is 0 Å². The van der Waals surface area contributed by atoms with Crippen LogP contribution in [0.2, 0.25) is 0 Å². The van der Waals surface area contributed by atoms with Gasteiger partial charge in [0.1, 0.15) is 0 Å². The highest BCUT2D eigenvalue weighted by atomic mass is 32.1. The van der Waals surface area contributed by atoms with Crippen molar-refractivity contribution in [1.82, 2.24) is 16.0 Å². The maximum Gasteiger partial charge on any atom is 0.251 e. The Hall–Kier alpha value is -2.40. The van der Waals surface area contributed by atoms with Crippen LogP contribution < -0.4 is 16.0 Å². The van der Waals surface area contributed by atoms with E-state index in [1.807, 2.05) is 48.5 Å². The molecule has 0 aromatic heterocycles. The molecular weight excluding hydrogens is 354 g/mol. The summed E-state index contributed by atoms with van der Waals surface area (Å²) in [5, 5.41) is 10.6. The van der Waals surface area contributed by atoms with Gasteiger partial charge in [0.2, 0.25) is 0 Å². The molecule has 0 heterocycles. The fraction of sp³-hybridized carbons (Fsp3) is 0.364. The fourth-order valence-electron chi connectivity index (χ4n) is 3.55. The molecule has 4 nitrogen and oxygen atoms in total. The molecule has 0 aliphatic heterocycles. The molecule has 1 amide bonds. The molecule has 0 unspecified atom stereocenters. The predicted octanol–water partition coefficient (Wildman–Crippen LogP) is 3.95. The van der Waals surface area contributed by atoms with Crippen LogP contribution in [0.25, 0.3) is 0 Å². The number of amides is 1. The first-order chi connectivity index (χ1) is 13.1. The number of carbonyl (C=O) groups excluding carboxylic acids is 1. The molecule has 0 saturated heterocycles. The number of thiocarbonyl (C=S) groups is 1. The van der Waals surface area contributed by atoms with Crippen LogP contribution in [0.3, 0.4) is 0 Å². The van der Waals surface area contributed by atoms with Crippen LogP contribution in [0.15, 0.2) is 60.7 Å². The lowest BCUT2D eigenvalue weighted by Gasteiger charge is -2.34. The first-order valence-electron chi connectivity index (χ1n) is 9.61. The lowest BCUT2D eigenvalue weighted by molar-refractivity contribution is 0.0918. The molecule has 1 aliphatic rings. The molecule has 2 aromatic carbocycles. The van der Waals surface area contributed by atoms with Crippen LogP contribution in [0.5, 0.6) is 0 Å². The van der Waals surface area contributed by atoms with Crippen LogP contribution in [-0.4, -0.2) is 23.1 Å². The van der Waals surface area contributed by atoms with E-state index in [2.05, 4.69) is 35.0 Å². The minimum Gasteiger partial charge on any atom is -0.358 e. The summed E-state index contributed by atoms with van der Waals surface area (Å²) in [5.41, 5.74) is 1.89. The first kappa shape index (κ1) is 19.4. The van der Waals surface area contributed by atoms with Crippen molar-refractivity contribution in [2.24, 2.45) is 0 Å². The molecule has 2 aromatic rings. The first-order valence-corrected chi connectivity index (χ1v) is 10.0. The van der Waals surface area contributed by atoms with E-state index >= 15 is 0 Å². The van der Waals surface area contributed by atoms with Crippen LogP contribution >= 0.6 is 12.2 Å². The van der Waals surface area contributed by atoms with Gasteiger partial charge in [-0.2, -0.15) is 0 Å². The number of rotatable bonds is 5. The van der Waals surface area contributed by atoms with Crippen molar-refractivity contribution in [1.29, 1.82) is 0 Å². The molecule has 1 aliphatic carbocycles. The Morgan fingerprint density at radius 3 is 2.11 bits per heavy atom. The second-order valence-electron chi connectivity index (χ2n) is 7.09. The lowest BCUT2D eigenvalue weighted by Crippen LogP contribution is -2.55. The highest BCUT2D eigenvalue weighted by molar-refractivity contribution is 7.80. The summed E-state index contributed by atoms with van der Waals surface area (Å²) < 4.78 is 0. The molecule has 3 rings (SSSR count). The quantitative estimate of drug-likeness (QED) is 0.687. The second-order valence-corrected chi connectivity index (χ2v) is 7.50. The van der Waals surface area contributed by atoms with Gasteiger partial charge in [0, 0.05) is 17.6 Å². The van der Waals surface area contributed by atoms with Crippen molar-refractivity contribution in [2.45, 2.75) is 50.7 Å². The van der Waals surface area contributed by atoms with Gasteiger partial charge >= 0.3 is 0 Å². The van der Waals surface area contributed by atoms with Gasteiger partial charge in [-0.05, 0) is 49.7 Å². The zero-order valence-electron chi connectivity index (χ0n) is 15.7. The van der Waals surface area contributed by atoms with E-state index in [-0.39, 0.29) is 24.0 Å². The second kappa shape index (κ2) is 9.51. The molecule has 142 valence electrons. The monoisotopic (exact) mass is 381 g/mol. The maximum absolute atomic E-state index is 12.5. The molecule has 0 radical (unpaired) electrons. The third-order valence-corrected chi connectivity index (χ3v) is 5.32. The van der Waals surface area contributed by atoms with Crippen molar-refractivity contribution in [3.05, 3.63) is 71.8 Å². The van der Waals surface area contributed by atoms with E-state index in [4.69, 9.17) is 12.2 Å². The summed E-state index contributed by atoms with van der Waals surface area (Å²) in [6.07, 6.45) is 4.24. The van der Waals surface area contributed by atoms with Gasteiger partial charge in [-0.15, -0.1) is 0 Å². The Bertz CT molecular complexity index is 751. The smallest absolute Gasteiger partial charge is 0.251 e. The topological polar surface area (TPSA) is 53.2 Å². The number of carbonyl (C=O) groups is 1. The number of nitrogens with one attached hydrogen (secondary N) is 3. The van der Waals surface area contributed by atoms with E-state index in [0.29, 0.717) is 10.7 Å². The van der Waals surface area contributed by atoms with Crippen molar-refractivity contribution in [3.63, 3.8) is 0 Å². The largest absolute Gasteiger partial charge is 0.358 e. The summed E-state index contributed by atoms with van der Waals surface area (Å²) in [7, 11) is 0. The van der Waals surface area contributed by atoms with Gasteiger partial charge in [-0.25, -0.2) is 0 Å². The Morgan fingerprint density at radius 2 is 1.48 bits per heavy atom. The summed E-state index contributed by atoms with van der Waals surface area (Å²) in [4.78, 5) is 12.5. The van der Waals surface area contributed by atoms with Crippen LogP contribution in [0, 0.1) is 0 Å². The zero-order chi connectivity index (χ0) is 19.1. The minimum absolute atomic E-state index is 0.0224. The fourth-order valence-corrected chi connectivity index (χ4v) is 3.88. The van der Waals surface area contributed by atoms with Gasteiger partial charge in [0.05, 0.1) is 6.04 Å². The summed E-state index contributed by atoms with van der Waals surface area (Å²) >= 11 is 5.54. The number of hydrogen-bond acceptors (Lipinski definition) is 2. The molecular formula is C22H27N3OS. The van der Waals surface area contributed by atoms with Gasteiger partial charge in [-0.1, -0.05) is 61.4 Å². The normalized spacial score (nSPS) is 20.3. The van der Waals surface area contributed by atoms with E-state index in [0.717, 1.165) is 25.7 Å². The molecule has 27 heavy (non-hydrogen) atoms. The average molecular weight is 382 g/mol. The molecule has 1 saturated carbocycles. The van der Waals surface area contributed by atoms with Gasteiger partial charge in [0.25, 0.3) is 5.91 Å². The Labute approximate surface area is 166 Å². The van der Waals surface area contributed by atoms with Crippen molar-refractivity contribution < 1.29 is 4.79 Å². The minimum atomic E-state index is -0.0224. The van der Waals surface area contributed by atoms with Crippen LogP contribution in [0.1, 0.15) is 54.6 Å². The number of benzene rings is 2. The molecule has 0 bridgehead atoms. The van der Waals surface area contributed by atoms with Gasteiger partial charge in [-0.3, -0.25) is 4.79 Å². The highest BCUT2D eigenvalue weighted by Crippen LogP contribution is 2.19. The van der Waals surface area contributed by atoms with Crippen LogP contribution in [0.4, 0.5) is 0 Å². The summed E-state index contributed by atoms with van der Waals surface area (Å²) in [5.74, 6) is -0.0224. The Balaban J connectivity index is 1.57. The van der Waals surface area contributed by atoms with Gasteiger partial charge in [0.15, 0.2) is 5.11 Å². The third kappa shape index (κ3) is 5.54. The summed E-state index contributed by atoms with van der Waals surface area (Å²) in [6, 6.07) is 20.0. The van der Waals surface area contributed by atoms with Crippen molar-refractivity contribution in [2.75, 3.05) is 0 Å². The number of hydrogen-bond donors (Lipinski definition) is 3. The Kier molecular flexibility index (Phi) is 6.82. The van der Waals surface area contributed by atoms with E-state index in [1.54, 1.807) is 0 Å². The maximum atomic E-state index is 12.5. The summed E-state index contributed by atoms with van der Waals surface area (Å²) in [6.45, 7) is 2.10. The standard InChI is InChI=1S/C22H27N3OS/c1-16(17-10-4-2-5-11-17)23-22(27)25-20-15-9-8-14-19(20)24-21(26)18-12-6-3-7-13-18/h2-7,10-13,16,19-20H,8-9,14-15H2,1H3,(H,24,26)(H2,23,25,27)/t16-,19-,20-/m0/s1.